The van der Waals surface area contributed by atoms with E-state index in [4.69, 9.17) is 15.2 Å². The number of anilines is 1. The molecule has 7 heteroatoms. The Kier molecular flexibility index (Phi) is 5.58. The van der Waals surface area contributed by atoms with Gasteiger partial charge in [-0.3, -0.25) is 4.98 Å². The number of nitrogens with two attached hydrogens (primary N) is 1. The van der Waals surface area contributed by atoms with Gasteiger partial charge in [0.05, 0.1) is 30.1 Å². The van der Waals surface area contributed by atoms with Crippen molar-refractivity contribution in [3.05, 3.63) is 24.0 Å². The average Bonchev–Trinajstić information content (AvgIpc) is 2.48. The molecule has 1 aromatic heterocycles. The third-order valence-corrected chi connectivity index (χ3v) is 4.43. The summed E-state index contributed by atoms with van der Waals surface area (Å²) in [6.45, 7) is 9.00. The second-order valence-electron chi connectivity index (χ2n) is 7.69. The maximum Gasteiger partial charge on any atom is 0.407 e. The summed E-state index contributed by atoms with van der Waals surface area (Å²) in [4.78, 5) is 16.2. The topological polar surface area (TPSA) is 107 Å². The van der Waals surface area contributed by atoms with Gasteiger partial charge in [-0.05, 0) is 40.2 Å². The van der Waals surface area contributed by atoms with Crippen molar-refractivity contribution < 1.29 is 19.4 Å². The molecular formula is C18H29N3O4. The molecule has 7 nitrogen and oxygen atoms in total. The number of carbonyl (C=O) groups excluding carboxylic acids is 1. The van der Waals surface area contributed by atoms with Crippen LogP contribution in [0.1, 0.15) is 59.1 Å². The van der Waals surface area contributed by atoms with Crippen LogP contribution in [0.2, 0.25) is 0 Å². The van der Waals surface area contributed by atoms with Crippen LogP contribution in [0.3, 0.4) is 0 Å². The number of nitrogens with zero attached hydrogens (tertiary/aromatic N) is 1. The van der Waals surface area contributed by atoms with Gasteiger partial charge in [-0.25, -0.2) is 4.79 Å². The van der Waals surface area contributed by atoms with E-state index < -0.39 is 29.4 Å². The number of nitrogens with one attached hydrogen (secondary N) is 1. The summed E-state index contributed by atoms with van der Waals surface area (Å²) in [7, 11) is 0. The van der Waals surface area contributed by atoms with E-state index in [0.717, 1.165) is 5.56 Å². The Morgan fingerprint density at radius 3 is 2.80 bits per heavy atom. The van der Waals surface area contributed by atoms with E-state index in [2.05, 4.69) is 10.3 Å². The lowest BCUT2D eigenvalue weighted by molar-refractivity contribution is -0.184. The number of pyridine rings is 1. The minimum atomic E-state index is -1.22. The van der Waals surface area contributed by atoms with Crippen molar-refractivity contribution in [3.8, 4) is 0 Å². The molecule has 1 fully saturated rings. The Balaban J connectivity index is 2.23. The zero-order valence-electron chi connectivity index (χ0n) is 15.6. The van der Waals surface area contributed by atoms with Gasteiger partial charge in [-0.1, -0.05) is 6.92 Å². The number of rotatable bonds is 3. The van der Waals surface area contributed by atoms with Gasteiger partial charge in [-0.15, -0.1) is 0 Å². The summed E-state index contributed by atoms with van der Waals surface area (Å²) in [5.41, 5.74) is 5.52. The van der Waals surface area contributed by atoms with Gasteiger partial charge < -0.3 is 25.6 Å². The van der Waals surface area contributed by atoms with Crippen LogP contribution >= 0.6 is 0 Å². The number of nitrogen functional groups attached to an aromatic ring is 1. The third-order valence-electron chi connectivity index (χ3n) is 4.43. The highest BCUT2D eigenvalue weighted by molar-refractivity contribution is 5.68. The van der Waals surface area contributed by atoms with Crippen molar-refractivity contribution in [2.75, 3.05) is 5.73 Å². The first-order valence-electron chi connectivity index (χ1n) is 8.61. The number of amides is 1. The lowest BCUT2D eigenvalue weighted by Gasteiger charge is -2.46. The first kappa shape index (κ1) is 19.5. The Morgan fingerprint density at radius 1 is 1.56 bits per heavy atom. The molecule has 0 unspecified atom stereocenters. The van der Waals surface area contributed by atoms with Crippen molar-refractivity contribution in [3.63, 3.8) is 0 Å². The molecular weight excluding hydrogens is 322 g/mol. The van der Waals surface area contributed by atoms with Crippen LogP contribution in [0, 0.1) is 0 Å². The van der Waals surface area contributed by atoms with Gasteiger partial charge >= 0.3 is 6.09 Å². The Morgan fingerprint density at radius 2 is 2.24 bits per heavy atom. The van der Waals surface area contributed by atoms with E-state index in [1.165, 1.54) is 0 Å². The Bertz CT molecular complexity index is 613. The molecule has 1 saturated heterocycles. The molecule has 0 aliphatic carbocycles. The summed E-state index contributed by atoms with van der Waals surface area (Å²) < 4.78 is 11.4. The highest BCUT2D eigenvalue weighted by Gasteiger charge is 2.47. The number of alkyl carbamates (subject to hydrolysis) is 1. The van der Waals surface area contributed by atoms with E-state index >= 15 is 0 Å². The molecule has 2 heterocycles. The molecule has 1 amide bonds. The summed E-state index contributed by atoms with van der Waals surface area (Å²) in [5, 5.41) is 13.7. The number of hydrogen-bond donors (Lipinski definition) is 3. The van der Waals surface area contributed by atoms with Crippen LogP contribution in [0.4, 0.5) is 10.5 Å². The molecule has 1 aliphatic rings. The predicted octanol–water partition coefficient (Wildman–Crippen LogP) is 2.55. The van der Waals surface area contributed by atoms with Crippen LogP contribution in [-0.2, 0) is 9.47 Å². The lowest BCUT2D eigenvalue weighted by Crippen LogP contribution is -2.62. The third kappa shape index (κ3) is 4.61. The Hall–Kier alpha value is -1.86. The number of ether oxygens (including phenoxy) is 2. The van der Waals surface area contributed by atoms with E-state index in [1.807, 2.05) is 6.92 Å². The smallest absolute Gasteiger partial charge is 0.407 e. The number of carbonyl (C=O) groups is 1. The van der Waals surface area contributed by atoms with E-state index in [-0.39, 0.29) is 6.10 Å². The summed E-state index contributed by atoms with van der Waals surface area (Å²) >= 11 is 0. The fourth-order valence-corrected chi connectivity index (χ4v) is 3.14. The van der Waals surface area contributed by atoms with Crippen molar-refractivity contribution in [2.45, 2.75) is 76.9 Å². The van der Waals surface area contributed by atoms with Crippen LogP contribution in [0.25, 0.3) is 0 Å². The van der Waals surface area contributed by atoms with E-state index in [1.54, 1.807) is 46.2 Å². The van der Waals surface area contributed by atoms with Gasteiger partial charge in [0, 0.05) is 18.2 Å². The van der Waals surface area contributed by atoms with Gasteiger partial charge in [0.15, 0.2) is 0 Å². The quantitative estimate of drug-likeness (QED) is 0.772. The van der Waals surface area contributed by atoms with E-state index in [9.17, 15) is 9.90 Å². The highest BCUT2D eigenvalue weighted by Crippen LogP contribution is 2.39. The van der Waals surface area contributed by atoms with Crippen LogP contribution in [-0.4, -0.2) is 39.5 Å². The van der Waals surface area contributed by atoms with Crippen molar-refractivity contribution >= 4 is 11.8 Å². The van der Waals surface area contributed by atoms with Gasteiger partial charge in [0.25, 0.3) is 0 Å². The first-order valence-corrected chi connectivity index (χ1v) is 8.61. The second kappa shape index (κ2) is 7.17. The number of hydrogen-bond acceptors (Lipinski definition) is 6. The maximum atomic E-state index is 12.2. The standard InChI is InChI=1S/C18H29N3O4/c1-6-15-18(5,23)14(21-16(22)25-17(2,3)4)9-13(24-15)11-7-8-20-10-12(11)19/h7-8,10,13-15,23H,6,9,19H2,1-5H3,(H,21,22)/t13-,14-,15-,18+/m0/s1. The molecule has 2 rings (SSSR count). The van der Waals surface area contributed by atoms with Crippen molar-refractivity contribution in [1.29, 1.82) is 0 Å². The Labute approximate surface area is 148 Å². The molecule has 0 saturated carbocycles. The SMILES string of the molecule is CC[C@@H]1O[C@H](c2ccncc2N)C[C@H](NC(=O)OC(C)(C)C)[C@@]1(C)O. The zero-order valence-corrected chi connectivity index (χ0v) is 15.6. The largest absolute Gasteiger partial charge is 0.444 e. The highest BCUT2D eigenvalue weighted by atomic mass is 16.6. The molecule has 0 spiro atoms. The van der Waals surface area contributed by atoms with Gasteiger partial charge in [-0.2, -0.15) is 0 Å². The molecule has 4 N–H and O–H groups in total. The van der Waals surface area contributed by atoms with E-state index in [0.29, 0.717) is 18.5 Å². The second-order valence-corrected chi connectivity index (χ2v) is 7.69. The van der Waals surface area contributed by atoms with Crippen LogP contribution in [0.5, 0.6) is 0 Å². The number of aromatic nitrogens is 1. The molecule has 0 radical (unpaired) electrons. The van der Waals surface area contributed by atoms with Gasteiger partial charge in [0.2, 0.25) is 0 Å². The minimum Gasteiger partial charge on any atom is -0.444 e. The zero-order chi connectivity index (χ0) is 18.8. The molecule has 0 bridgehead atoms. The molecule has 1 aromatic rings. The predicted molar refractivity (Wildman–Crippen MR) is 95.0 cm³/mol. The average molecular weight is 351 g/mol. The summed E-state index contributed by atoms with van der Waals surface area (Å²) in [5.74, 6) is 0. The van der Waals surface area contributed by atoms with Crippen LogP contribution in [0.15, 0.2) is 18.5 Å². The fourth-order valence-electron chi connectivity index (χ4n) is 3.14. The normalized spacial score (nSPS) is 29.9. The summed E-state index contributed by atoms with van der Waals surface area (Å²) in [6, 6.07) is 1.27. The van der Waals surface area contributed by atoms with Crippen molar-refractivity contribution in [1.82, 2.24) is 10.3 Å². The maximum absolute atomic E-state index is 12.2. The van der Waals surface area contributed by atoms with Crippen LogP contribution < -0.4 is 11.1 Å². The molecule has 4 atom stereocenters. The lowest BCUT2D eigenvalue weighted by atomic mass is 9.81. The fraction of sp³-hybridized carbons (Fsp3) is 0.667. The summed E-state index contributed by atoms with van der Waals surface area (Å²) in [6.07, 6.45) is 2.86. The minimum absolute atomic E-state index is 0.340. The monoisotopic (exact) mass is 351 g/mol. The number of aliphatic hydroxyl groups is 1. The molecule has 1 aliphatic heterocycles. The molecule has 140 valence electrons. The molecule has 0 aromatic carbocycles. The first-order chi connectivity index (χ1) is 11.5. The van der Waals surface area contributed by atoms with Crippen molar-refractivity contribution in [2.24, 2.45) is 0 Å². The van der Waals surface area contributed by atoms with Gasteiger partial charge in [0.1, 0.15) is 11.2 Å². The molecule has 25 heavy (non-hydrogen) atoms.